The van der Waals surface area contributed by atoms with Gasteiger partial charge in [0, 0.05) is 18.7 Å². The maximum absolute atomic E-state index is 11.2. The van der Waals surface area contributed by atoms with Crippen LogP contribution in [-0.4, -0.2) is 18.2 Å². The lowest BCUT2D eigenvalue weighted by Crippen LogP contribution is -2.16. The second-order valence-corrected chi connectivity index (χ2v) is 3.78. The first-order valence-corrected chi connectivity index (χ1v) is 4.42. The van der Waals surface area contributed by atoms with Gasteiger partial charge in [-0.2, -0.15) is 0 Å². The zero-order chi connectivity index (χ0) is 11.5. The van der Waals surface area contributed by atoms with Crippen molar-refractivity contribution >= 4 is 11.9 Å². The van der Waals surface area contributed by atoms with Crippen LogP contribution in [0.5, 0.6) is 0 Å². The fourth-order valence-corrected chi connectivity index (χ4v) is 1.08. The van der Waals surface area contributed by atoms with Crippen LogP contribution in [0.15, 0.2) is 12.3 Å². The fraction of sp³-hybridized carbons (Fsp3) is 0.556. The molecule has 0 aromatic rings. The van der Waals surface area contributed by atoms with E-state index in [2.05, 4.69) is 9.78 Å². The van der Waals surface area contributed by atoms with Crippen LogP contribution in [0.1, 0.15) is 20.3 Å². The summed E-state index contributed by atoms with van der Waals surface area (Å²) >= 11 is 0. The van der Waals surface area contributed by atoms with Gasteiger partial charge in [-0.05, 0) is 13.8 Å². The lowest BCUT2D eigenvalue weighted by atomic mass is 9.92. The smallest absolute Gasteiger partial charge is 0.367 e. The molecule has 1 heterocycles. The van der Waals surface area contributed by atoms with Crippen molar-refractivity contribution in [2.75, 3.05) is 0 Å². The number of hydrogen-bond acceptors (Lipinski definition) is 6. The number of nitrogens with two attached hydrogens (primary N) is 1. The zero-order valence-corrected chi connectivity index (χ0v) is 8.56. The second kappa shape index (κ2) is 4.31. The molecule has 6 nitrogen and oxygen atoms in total. The molecule has 15 heavy (non-hydrogen) atoms. The van der Waals surface area contributed by atoms with Crippen molar-refractivity contribution in [3.05, 3.63) is 12.3 Å². The average molecular weight is 215 g/mol. The Balaban J connectivity index is 2.37. The molecule has 2 N–H and O–H groups in total. The Bertz CT molecular complexity index is 297. The highest BCUT2D eigenvalue weighted by molar-refractivity contribution is 5.81. The first kappa shape index (κ1) is 11.5. The van der Waals surface area contributed by atoms with Crippen LogP contribution in [0.25, 0.3) is 0 Å². The molecular weight excluding hydrogens is 202 g/mol. The molecule has 0 amide bonds. The van der Waals surface area contributed by atoms with Gasteiger partial charge in [-0.15, -0.1) is 4.89 Å². The molecule has 0 aromatic carbocycles. The highest BCUT2D eigenvalue weighted by Crippen LogP contribution is 2.33. The van der Waals surface area contributed by atoms with E-state index in [0.717, 1.165) is 12.3 Å². The Hall–Kier alpha value is -1.56. The highest BCUT2D eigenvalue weighted by atomic mass is 17.2. The van der Waals surface area contributed by atoms with Gasteiger partial charge >= 0.3 is 11.9 Å². The molecule has 1 saturated heterocycles. The molecule has 1 unspecified atom stereocenters. The van der Waals surface area contributed by atoms with Gasteiger partial charge in [0.25, 0.3) is 0 Å². The van der Waals surface area contributed by atoms with Gasteiger partial charge in [-0.3, -0.25) is 9.68 Å². The average Bonchev–Trinajstić information content (AvgIpc) is 2.38. The van der Waals surface area contributed by atoms with Crippen LogP contribution in [0.3, 0.4) is 0 Å². The summed E-state index contributed by atoms with van der Waals surface area (Å²) in [5.74, 6) is -1.13. The van der Waals surface area contributed by atoms with Gasteiger partial charge in [0.1, 0.15) is 0 Å². The van der Waals surface area contributed by atoms with E-state index in [0.29, 0.717) is 6.42 Å². The minimum absolute atomic E-state index is 0.339. The van der Waals surface area contributed by atoms with E-state index in [1.54, 1.807) is 13.8 Å². The van der Waals surface area contributed by atoms with Crippen LogP contribution in [0.2, 0.25) is 0 Å². The molecule has 6 heteroatoms. The molecular formula is C9H13NO5. The van der Waals surface area contributed by atoms with Crippen molar-refractivity contribution in [3.63, 3.8) is 0 Å². The van der Waals surface area contributed by atoms with E-state index in [-0.39, 0.29) is 5.97 Å². The largest absolute Gasteiger partial charge is 0.431 e. The number of rotatable bonds is 3. The molecule has 1 fully saturated rings. The number of esters is 1. The predicted molar refractivity (Wildman–Crippen MR) is 48.8 cm³/mol. The summed E-state index contributed by atoms with van der Waals surface area (Å²) in [7, 11) is 0. The normalized spacial score (nSPS) is 24.1. The fourth-order valence-electron chi connectivity index (χ4n) is 1.08. The molecule has 1 aliphatic heterocycles. The third-order valence-corrected chi connectivity index (χ3v) is 1.94. The van der Waals surface area contributed by atoms with Crippen LogP contribution >= 0.6 is 0 Å². The number of carbonyl (C=O) groups is 2. The Morgan fingerprint density at radius 1 is 1.67 bits per heavy atom. The Kier molecular flexibility index (Phi) is 3.31. The third-order valence-electron chi connectivity index (χ3n) is 1.94. The number of hydrogen-bond donors (Lipinski definition) is 1. The summed E-state index contributed by atoms with van der Waals surface area (Å²) in [6.45, 7) is 3.45. The number of carbonyl (C=O) groups excluding carboxylic acids is 2. The van der Waals surface area contributed by atoms with E-state index in [1.807, 2.05) is 0 Å². The molecule has 0 spiro atoms. The summed E-state index contributed by atoms with van der Waals surface area (Å²) in [5, 5.41) is 0. The summed E-state index contributed by atoms with van der Waals surface area (Å²) < 4.78 is 4.81. The topological polar surface area (TPSA) is 87.8 Å². The van der Waals surface area contributed by atoms with Crippen molar-refractivity contribution in [3.8, 4) is 0 Å². The van der Waals surface area contributed by atoms with Crippen LogP contribution in [0.4, 0.5) is 0 Å². The monoisotopic (exact) mass is 215 g/mol. The van der Waals surface area contributed by atoms with Gasteiger partial charge in [0.2, 0.25) is 6.29 Å². The van der Waals surface area contributed by atoms with Crippen molar-refractivity contribution in [1.82, 2.24) is 0 Å². The maximum atomic E-state index is 11.2. The number of ether oxygens (including phenoxy) is 1. The molecule has 1 atom stereocenters. The summed E-state index contributed by atoms with van der Waals surface area (Å²) in [6, 6.07) is 0. The van der Waals surface area contributed by atoms with E-state index in [1.165, 1.54) is 0 Å². The highest BCUT2D eigenvalue weighted by Gasteiger charge is 2.43. The SMILES string of the molecule is CC1(C)CC(OOC(=O)/C=C/N)OC1=O. The first-order chi connectivity index (χ1) is 6.95. The van der Waals surface area contributed by atoms with Crippen LogP contribution in [0, 0.1) is 5.41 Å². The Morgan fingerprint density at radius 2 is 2.33 bits per heavy atom. The van der Waals surface area contributed by atoms with Crippen molar-refractivity contribution < 1.29 is 24.1 Å². The zero-order valence-electron chi connectivity index (χ0n) is 8.56. The van der Waals surface area contributed by atoms with E-state index >= 15 is 0 Å². The predicted octanol–water partition coefficient (Wildman–Crippen LogP) is 0.233. The quantitative estimate of drug-likeness (QED) is 0.314. The lowest BCUT2D eigenvalue weighted by molar-refractivity contribution is -0.334. The molecule has 1 aliphatic rings. The van der Waals surface area contributed by atoms with Crippen LogP contribution < -0.4 is 5.73 Å². The summed E-state index contributed by atoms with van der Waals surface area (Å²) in [4.78, 5) is 30.9. The van der Waals surface area contributed by atoms with E-state index in [4.69, 9.17) is 10.5 Å². The van der Waals surface area contributed by atoms with Crippen molar-refractivity contribution in [1.29, 1.82) is 0 Å². The van der Waals surface area contributed by atoms with Gasteiger partial charge in [0.05, 0.1) is 5.41 Å². The van der Waals surface area contributed by atoms with Crippen molar-refractivity contribution in [2.24, 2.45) is 11.1 Å². The standard InChI is InChI=1S/C9H13NO5/c1-9(2)5-7(13-8(9)12)15-14-6(11)3-4-10/h3-4,7H,5,10H2,1-2H3/b4-3+. The minimum atomic E-state index is -0.845. The first-order valence-electron chi connectivity index (χ1n) is 4.42. The molecule has 0 bridgehead atoms. The summed E-state index contributed by atoms with van der Waals surface area (Å²) in [5.41, 5.74) is 4.35. The van der Waals surface area contributed by atoms with E-state index in [9.17, 15) is 9.59 Å². The molecule has 1 rings (SSSR count). The Morgan fingerprint density at radius 3 is 2.80 bits per heavy atom. The Labute approximate surface area is 86.9 Å². The maximum Gasteiger partial charge on any atom is 0.367 e. The number of cyclic esters (lactones) is 1. The molecule has 0 aromatic heterocycles. The van der Waals surface area contributed by atoms with Gasteiger partial charge in [-0.1, -0.05) is 0 Å². The van der Waals surface area contributed by atoms with Crippen molar-refractivity contribution in [2.45, 2.75) is 26.6 Å². The minimum Gasteiger partial charge on any atom is -0.431 e. The molecule has 0 radical (unpaired) electrons. The molecule has 84 valence electrons. The van der Waals surface area contributed by atoms with Crippen LogP contribution in [-0.2, 0) is 24.1 Å². The van der Waals surface area contributed by atoms with Gasteiger partial charge < -0.3 is 10.5 Å². The molecule has 0 aliphatic carbocycles. The second-order valence-electron chi connectivity index (χ2n) is 3.78. The lowest BCUT2D eigenvalue weighted by Gasteiger charge is -2.09. The molecule has 0 saturated carbocycles. The van der Waals surface area contributed by atoms with Gasteiger partial charge in [0.15, 0.2) is 0 Å². The van der Waals surface area contributed by atoms with Gasteiger partial charge in [-0.25, -0.2) is 4.79 Å². The summed E-state index contributed by atoms with van der Waals surface area (Å²) in [6.07, 6.45) is 1.51. The van der Waals surface area contributed by atoms with E-state index < -0.39 is 17.7 Å². The third kappa shape index (κ3) is 2.95.